The molecule has 0 bridgehead atoms. The Morgan fingerprint density at radius 2 is 0.766 bits per heavy atom. The van der Waals surface area contributed by atoms with E-state index >= 15 is 0 Å². The van der Waals surface area contributed by atoms with E-state index in [2.05, 4.69) is 38.8 Å². The maximum absolute atomic E-state index is 13.2. The highest BCUT2D eigenvalue weighted by Gasteiger charge is 2.32. The van der Waals surface area contributed by atoms with Gasteiger partial charge in [-0.15, -0.1) is 0 Å². The third-order valence-corrected chi connectivity index (χ3v) is 9.09. The van der Waals surface area contributed by atoms with Crippen LogP contribution in [0.15, 0.2) is 0 Å². The molecule has 0 aliphatic rings. The van der Waals surface area contributed by atoms with Crippen LogP contribution in [-0.2, 0) is 38.4 Å². The minimum absolute atomic E-state index is 0.0512. The molecular weight excluding hydrogens is 844 g/mol. The smallest absolute Gasteiger partial charge is 0.328 e. The van der Waals surface area contributed by atoms with E-state index in [9.17, 15) is 48.9 Å². The first-order valence-electron chi connectivity index (χ1n) is 22.0. The first-order chi connectivity index (χ1) is 30.3. The van der Waals surface area contributed by atoms with Gasteiger partial charge in [0.15, 0.2) is 0 Å². The van der Waals surface area contributed by atoms with Crippen molar-refractivity contribution in [3.63, 3.8) is 0 Å². The van der Waals surface area contributed by atoms with E-state index in [0.29, 0.717) is 25.8 Å². The molecule has 7 amide bonds. The summed E-state index contributed by atoms with van der Waals surface area (Å²) in [5, 5.41) is 66.4. The molecule has 64 heavy (non-hydrogen) atoms. The van der Waals surface area contributed by atoms with Crippen molar-refractivity contribution < 1.29 is 73.8 Å². The van der Waals surface area contributed by atoms with Gasteiger partial charge >= 0.3 is 12.0 Å². The first kappa shape index (κ1) is 63.3. The van der Waals surface area contributed by atoms with Crippen LogP contribution in [0, 0.1) is 0 Å². The number of rotatable bonds is 34. The predicted octanol–water partition coefficient (Wildman–Crippen LogP) is -0.288. The molecule has 0 unspecified atom stereocenters. The van der Waals surface area contributed by atoms with Crippen LogP contribution in [0.1, 0.15) is 143 Å². The molecule has 0 aromatic carbocycles. The van der Waals surface area contributed by atoms with Gasteiger partial charge in [0.2, 0.25) is 29.5 Å². The number of hydrogen-bond donors (Lipinski definition) is 14. The van der Waals surface area contributed by atoms with E-state index < -0.39 is 104 Å². The third kappa shape index (κ3) is 37.6. The van der Waals surface area contributed by atoms with Crippen LogP contribution in [-0.4, -0.2) is 147 Å². The van der Waals surface area contributed by atoms with Crippen LogP contribution >= 0.6 is 0 Å². The number of aliphatic hydroxyl groups excluding tert-OH is 3. The first-order valence-corrected chi connectivity index (χ1v) is 22.0. The van der Waals surface area contributed by atoms with Crippen molar-refractivity contribution in [1.29, 1.82) is 0 Å². The number of amides is 7. The number of nitrogens with two attached hydrogens (primary N) is 2. The molecular formula is C41H78N8O15. The Balaban J connectivity index is -0.00000425. The molecule has 16 N–H and O–H groups in total. The summed E-state index contributed by atoms with van der Waals surface area (Å²) in [6, 6.07) is -8.50. The fourth-order valence-electron chi connectivity index (χ4n) is 5.70. The lowest BCUT2D eigenvalue weighted by Crippen LogP contribution is -2.60. The van der Waals surface area contributed by atoms with Gasteiger partial charge in [-0.1, -0.05) is 84.0 Å². The lowest BCUT2D eigenvalue weighted by atomic mass is 10.0. The maximum atomic E-state index is 13.2. The van der Waals surface area contributed by atoms with E-state index in [0.717, 1.165) is 39.5 Å². The Kier molecular flexibility index (Phi) is 41.6. The molecule has 0 aliphatic carbocycles. The zero-order chi connectivity index (χ0) is 49.3. The molecule has 23 nitrogen and oxygen atoms in total. The van der Waals surface area contributed by atoms with Gasteiger partial charge in [-0.2, -0.15) is 0 Å². The van der Waals surface area contributed by atoms with Gasteiger partial charge in [0, 0.05) is 20.3 Å². The molecule has 0 aromatic rings. The van der Waals surface area contributed by atoms with Gasteiger partial charge < -0.3 is 68.7 Å². The molecule has 5 atom stereocenters. The zero-order valence-corrected chi connectivity index (χ0v) is 37.9. The lowest BCUT2D eigenvalue weighted by Gasteiger charge is -2.25. The van der Waals surface area contributed by atoms with Gasteiger partial charge in [0.25, 0.3) is 11.9 Å². The number of carbonyl (C=O) groups excluding carboxylic acids is 6. The Morgan fingerprint density at radius 1 is 0.438 bits per heavy atom. The van der Waals surface area contributed by atoms with E-state index in [1.807, 2.05) is 0 Å². The number of aliphatic hydroxyl groups is 3. The SMILES string of the molecule is CC(=O)O.CC(=O)O.CCCCCCCCCCCCCCCC(=O)NC(=O)N[C@@H](CCCCN)C(=O)N[C@@H](CO)C(=O)N[C@@H](CO)C(=O)N[C@@H](CCCN)C(=O)N[C@@H](CO)C(=O)O. The van der Waals surface area contributed by atoms with Crippen molar-refractivity contribution in [2.75, 3.05) is 32.9 Å². The van der Waals surface area contributed by atoms with E-state index in [4.69, 9.17) is 36.4 Å². The highest BCUT2D eigenvalue weighted by atomic mass is 16.4. The maximum Gasteiger partial charge on any atom is 0.328 e. The van der Waals surface area contributed by atoms with Crippen molar-refractivity contribution in [2.24, 2.45) is 11.5 Å². The number of nitrogens with one attached hydrogen (secondary N) is 6. The number of aliphatic carboxylic acids is 3. The highest BCUT2D eigenvalue weighted by molar-refractivity contribution is 5.98. The van der Waals surface area contributed by atoms with Crippen LogP contribution in [0.3, 0.4) is 0 Å². The standard InChI is InChI=1S/C37H70N8O11.2C2H4O2/c1-2-3-4-5-6-7-8-9-10-11-12-13-14-20-31(49)45-37(56)44-27(18-15-16-21-38)33(51)41-29(24-47)35(53)42-28(23-46)34(52)40-26(19-17-22-39)32(50)43-30(25-48)36(54)55;2*1-2(3)4/h26-30,46-48H,2-25,38-39H2,1H3,(H,40,52)(H,41,51)(H,42,53)(H,43,50)(H,54,55)(H2,44,45,49,56);2*1H3,(H,3,4)/t26-,27-,28-,29-,30-;;/m0../s1. The summed E-state index contributed by atoms with van der Waals surface area (Å²) in [5.74, 6) is -7.69. The van der Waals surface area contributed by atoms with Crippen LogP contribution in [0.25, 0.3) is 0 Å². The van der Waals surface area contributed by atoms with E-state index in [1.54, 1.807) is 0 Å². The molecule has 0 spiro atoms. The second kappa shape index (κ2) is 42.0. The van der Waals surface area contributed by atoms with Crippen molar-refractivity contribution in [1.82, 2.24) is 31.9 Å². The quantitative estimate of drug-likeness (QED) is 0.0369. The number of unbranched alkanes of at least 4 members (excludes halogenated alkanes) is 13. The van der Waals surface area contributed by atoms with E-state index in [1.165, 1.54) is 51.4 Å². The second-order valence-corrected chi connectivity index (χ2v) is 15.0. The van der Waals surface area contributed by atoms with Crippen LogP contribution in [0.5, 0.6) is 0 Å². The molecule has 0 aromatic heterocycles. The summed E-state index contributed by atoms with van der Waals surface area (Å²) in [7, 11) is 0. The summed E-state index contributed by atoms with van der Waals surface area (Å²) in [4.78, 5) is 106. The molecule has 0 fully saturated rings. The Morgan fingerprint density at radius 3 is 1.14 bits per heavy atom. The molecule has 0 saturated heterocycles. The molecule has 372 valence electrons. The predicted molar refractivity (Wildman–Crippen MR) is 235 cm³/mol. The largest absolute Gasteiger partial charge is 0.481 e. The number of carboxylic acids is 3. The minimum Gasteiger partial charge on any atom is -0.481 e. The van der Waals surface area contributed by atoms with Crippen molar-refractivity contribution in [3.05, 3.63) is 0 Å². The molecule has 0 saturated carbocycles. The number of hydrogen-bond acceptors (Lipinski definition) is 14. The van der Waals surface area contributed by atoms with Gasteiger partial charge in [-0.3, -0.25) is 38.9 Å². The van der Waals surface area contributed by atoms with Gasteiger partial charge in [0.05, 0.1) is 19.8 Å². The summed E-state index contributed by atoms with van der Waals surface area (Å²) in [5.41, 5.74) is 11.1. The van der Waals surface area contributed by atoms with Crippen molar-refractivity contribution >= 4 is 53.5 Å². The van der Waals surface area contributed by atoms with Gasteiger partial charge in [-0.25, -0.2) is 9.59 Å². The molecule has 0 aliphatic heterocycles. The fraction of sp³-hybridized carbons (Fsp3) is 0.780. The van der Waals surface area contributed by atoms with E-state index in [-0.39, 0.29) is 32.2 Å². The summed E-state index contributed by atoms with van der Waals surface area (Å²) >= 11 is 0. The topological polar surface area (TPSA) is 399 Å². The fourth-order valence-corrected chi connectivity index (χ4v) is 5.70. The molecule has 0 rings (SSSR count). The number of carboxylic acid groups (broad SMARTS) is 3. The Bertz CT molecular complexity index is 1340. The van der Waals surface area contributed by atoms with Crippen molar-refractivity contribution in [3.8, 4) is 0 Å². The summed E-state index contributed by atoms with van der Waals surface area (Å²) in [6.45, 7) is 1.95. The molecule has 23 heteroatoms. The normalized spacial score (nSPS) is 12.8. The Labute approximate surface area is 376 Å². The average molecular weight is 923 g/mol. The van der Waals surface area contributed by atoms with Crippen molar-refractivity contribution in [2.45, 2.75) is 173 Å². The number of carbonyl (C=O) groups is 9. The zero-order valence-electron chi connectivity index (χ0n) is 37.9. The second-order valence-electron chi connectivity index (χ2n) is 15.0. The van der Waals surface area contributed by atoms with Crippen LogP contribution in [0.4, 0.5) is 4.79 Å². The molecule has 0 heterocycles. The monoisotopic (exact) mass is 923 g/mol. The minimum atomic E-state index is -1.68. The summed E-state index contributed by atoms with van der Waals surface area (Å²) in [6.07, 6.45) is 16.2. The summed E-state index contributed by atoms with van der Waals surface area (Å²) < 4.78 is 0. The van der Waals surface area contributed by atoms with Gasteiger partial charge in [0.1, 0.15) is 30.2 Å². The van der Waals surface area contributed by atoms with Crippen LogP contribution < -0.4 is 43.4 Å². The highest BCUT2D eigenvalue weighted by Crippen LogP contribution is 2.13. The molecule has 0 radical (unpaired) electrons. The lowest BCUT2D eigenvalue weighted by molar-refractivity contribution is -0.143. The average Bonchev–Trinajstić information content (AvgIpc) is 3.22. The Hall–Kier alpha value is -4.97. The van der Waals surface area contributed by atoms with Crippen LogP contribution in [0.2, 0.25) is 0 Å². The number of imide groups is 1. The number of urea groups is 1. The van der Waals surface area contributed by atoms with Gasteiger partial charge in [-0.05, 0) is 51.6 Å². The third-order valence-electron chi connectivity index (χ3n) is 9.09.